The lowest BCUT2D eigenvalue weighted by Crippen LogP contribution is -2.20. The Morgan fingerprint density at radius 3 is 2.51 bits per heavy atom. The molecule has 7 heteroatoms. The zero-order valence-corrected chi connectivity index (χ0v) is 21.4. The second-order valence-electron chi connectivity index (χ2n) is 8.65. The van der Waals surface area contributed by atoms with Gasteiger partial charge < -0.3 is 5.32 Å². The number of rotatable bonds is 4. The van der Waals surface area contributed by atoms with Gasteiger partial charge >= 0.3 is 0 Å². The molecule has 0 saturated carbocycles. The Balaban J connectivity index is 1.28. The van der Waals surface area contributed by atoms with Crippen LogP contribution in [0, 0.1) is 0 Å². The highest BCUT2D eigenvalue weighted by Crippen LogP contribution is 2.44. The van der Waals surface area contributed by atoms with Crippen molar-refractivity contribution in [2.45, 2.75) is 16.7 Å². The van der Waals surface area contributed by atoms with Crippen molar-refractivity contribution in [3.05, 3.63) is 113 Å². The van der Waals surface area contributed by atoms with Crippen LogP contribution in [0.1, 0.15) is 22.8 Å². The van der Waals surface area contributed by atoms with Crippen LogP contribution in [-0.2, 0) is 0 Å². The molecule has 2 N–H and O–H groups in total. The molecule has 0 unspecified atom stereocenters. The molecule has 0 aliphatic carbocycles. The van der Waals surface area contributed by atoms with Gasteiger partial charge in [-0.15, -0.1) is 0 Å². The molecule has 1 aliphatic heterocycles. The molecular weight excluding hydrogens is 500 g/mol. The first kappa shape index (κ1) is 23.3. The SMILES string of the molecule is CC(=NNC(=O)c1cc(-c2ccc(Cl)cc2)nc2ccccc12)c1ccc2c(c1)Nc1ccccc1S2. The maximum absolute atomic E-state index is 13.3. The van der Waals surface area contributed by atoms with Crippen molar-refractivity contribution in [2.75, 3.05) is 5.32 Å². The van der Waals surface area contributed by atoms with Crippen LogP contribution in [0.2, 0.25) is 5.02 Å². The van der Waals surface area contributed by atoms with Gasteiger partial charge in [-0.1, -0.05) is 71.9 Å². The summed E-state index contributed by atoms with van der Waals surface area (Å²) in [5.74, 6) is -0.297. The summed E-state index contributed by atoms with van der Waals surface area (Å²) < 4.78 is 0. The quantitative estimate of drug-likeness (QED) is 0.183. The third-order valence-electron chi connectivity index (χ3n) is 6.20. The van der Waals surface area contributed by atoms with Crippen LogP contribution < -0.4 is 10.7 Å². The van der Waals surface area contributed by atoms with E-state index in [4.69, 9.17) is 16.6 Å². The minimum atomic E-state index is -0.297. The zero-order chi connectivity index (χ0) is 25.4. The van der Waals surface area contributed by atoms with Crippen molar-refractivity contribution in [2.24, 2.45) is 5.10 Å². The molecule has 0 bridgehead atoms. The summed E-state index contributed by atoms with van der Waals surface area (Å²) in [7, 11) is 0. The molecule has 1 amide bonds. The number of halogens is 1. The van der Waals surface area contributed by atoms with Crippen LogP contribution in [0.4, 0.5) is 11.4 Å². The minimum absolute atomic E-state index is 0.297. The fourth-order valence-electron chi connectivity index (χ4n) is 4.26. The van der Waals surface area contributed by atoms with Crippen molar-refractivity contribution in [3.8, 4) is 11.3 Å². The molecule has 1 aromatic heterocycles. The average Bonchev–Trinajstić information content (AvgIpc) is 2.94. The topological polar surface area (TPSA) is 66.4 Å². The zero-order valence-electron chi connectivity index (χ0n) is 19.8. The molecular formula is C30H21ClN4OS. The van der Waals surface area contributed by atoms with Crippen molar-refractivity contribution in [1.29, 1.82) is 0 Å². The Morgan fingerprint density at radius 2 is 1.65 bits per heavy atom. The molecule has 1 aliphatic rings. The molecule has 0 fully saturated rings. The number of amides is 1. The Hall–Kier alpha value is -4.13. The number of pyridine rings is 1. The largest absolute Gasteiger partial charge is 0.354 e. The van der Waals surface area contributed by atoms with Crippen molar-refractivity contribution < 1.29 is 4.79 Å². The van der Waals surface area contributed by atoms with E-state index >= 15 is 0 Å². The third-order valence-corrected chi connectivity index (χ3v) is 7.60. The Bertz CT molecular complexity index is 1700. The summed E-state index contributed by atoms with van der Waals surface area (Å²) in [6.07, 6.45) is 0. The number of nitrogens with zero attached hydrogens (tertiary/aromatic N) is 2. The molecule has 4 aromatic carbocycles. The van der Waals surface area contributed by atoms with E-state index in [1.165, 1.54) is 4.90 Å². The van der Waals surface area contributed by atoms with Crippen LogP contribution in [0.5, 0.6) is 0 Å². The van der Waals surface area contributed by atoms with E-state index in [1.807, 2.05) is 73.7 Å². The molecule has 6 rings (SSSR count). The molecule has 0 saturated heterocycles. The number of hydrogen-bond acceptors (Lipinski definition) is 5. The van der Waals surface area contributed by atoms with E-state index in [2.05, 4.69) is 40.1 Å². The number of aromatic nitrogens is 1. The number of benzene rings is 4. The first-order chi connectivity index (χ1) is 18.0. The molecule has 2 heterocycles. The minimum Gasteiger partial charge on any atom is -0.354 e. The van der Waals surface area contributed by atoms with Gasteiger partial charge in [0.25, 0.3) is 5.91 Å². The van der Waals surface area contributed by atoms with Gasteiger partial charge in [-0.2, -0.15) is 5.10 Å². The molecule has 0 radical (unpaired) electrons. The van der Waals surface area contributed by atoms with E-state index in [9.17, 15) is 4.79 Å². The van der Waals surface area contributed by atoms with E-state index < -0.39 is 0 Å². The predicted octanol–water partition coefficient (Wildman–Crippen LogP) is 7.92. The summed E-state index contributed by atoms with van der Waals surface area (Å²) >= 11 is 7.79. The maximum atomic E-state index is 13.3. The standard InChI is InChI=1S/C30H21ClN4OS/c1-18(20-12-15-29-27(16-20)33-25-8-4-5-9-28(25)37-29)34-35-30(36)23-17-26(19-10-13-21(31)14-11-19)32-24-7-3-2-6-22(23)24/h2-17,33H,1H3,(H,35,36). The maximum Gasteiger partial charge on any atom is 0.272 e. The van der Waals surface area contributed by atoms with Crippen molar-refractivity contribution in [3.63, 3.8) is 0 Å². The van der Waals surface area contributed by atoms with E-state index in [0.717, 1.165) is 38.3 Å². The predicted molar refractivity (Wildman–Crippen MR) is 152 cm³/mol. The van der Waals surface area contributed by atoms with Gasteiger partial charge in [0, 0.05) is 25.8 Å². The summed E-state index contributed by atoms with van der Waals surface area (Å²) in [4.78, 5) is 20.4. The molecule has 5 aromatic rings. The number of carbonyl (C=O) groups is 1. The molecule has 180 valence electrons. The Kier molecular flexibility index (Phi) is 6.12. The van der Waals surface area contributed by atoms with Gasteiger partial charge in [0.1, 0.15) is 0 Å². The summed E-state index contributed by atoms with van der Waals surface area (Å²) in [6.45, 7) is 1.88. The highest BCUT2D eigenvalue weighted by atomic mass is 35.5. The fraction of sp³-hybridized carbons (Fsp3) is 0.0333. The number of fused-ring (bicyclic) bond motifs is 3. The van der Waals surface area contributed by atoms with E-state index in [-0.39, 0.29) is 5.91 Å². The van der Waals surface area contributed by atoms with E-state index in [0.29, 0.717) is 22.0 Å². The van der Waals surface area contributed by atoms with Gasteiger partial charge in [0.15, 0.2) is 0 Å². The lowest BCUT2D eigenvalue weighted by molar-refractivity contribution is 0.0956. The second-order valence-corrected chi connectivity index (χ2v) is 10.2. The highest BCUT2D eigenvalue weighted by molar-refractivity contribution is 7.99. The number of nitrogens with one attached hydrogen (secondary N) is 2. The van der Waals surface area contributed by atoms with Crippen LogP contribution >= 0.6 is 23.4 Å². The van der Waals surface area contributed by atoms with Crippen molar-refractivity contribution in [1.82, 2.24) is 10.4 Å². The molecule has 37 heavy (non-hydrogen) atoms. The summed E-state index contributed by atoms with van der Waals surface area (Å²) in [5, 5.41) is 9.33. The first-order valence-corrected chi connectivity index (χ1v) is 12.9. The second kappa shape index (κ2) is 9.73. The number of carbonyl (C=O) groups excluding carboxylic acids is 1. The molecule has 0 spiro atoms. The van der Waals surface area contributed by atoms with Crippen LogP contribution in [0.25, 0.3) is 22.2 Å². The normalized spacial score (nSPS) is 12.4. The average molecular weight is 521 g/mol. The highest BCUT2D eigenvalue weighted by Gasteiger charge is 2.17. The van der Waals surface area contributed by atoms with Crippen LogP contribution in [0.3, 0.4) is 0 Å². The summed E-state index contributed by atoms with van der Waals surface area (Å²) in [5.41, 5.74) is 9.30. The number of para-hydroxylation sites is 2. The monoisotopic (exact) mass is 520 g/mol. The van der Waals surface area contributed by atoms with Gasteiger partial charge in [0.2, 0.25) is 0 Å². The fourth-order valence-corrected chi connectivity index (χ4v) is 5.35. The first-order valence-electron chi connectivity index (χ1n) is 11.7. The van der Waals surface area contributed by atoms with Gasteiger partial charge in [0.05, 0.1) is 33.9 Å². The van der Waals surface area contributed by atoms with Crippen LogP contribution in [-0.4, -0.2) is 16.6 Å². The Morgan fingerprint density at radius 1 is 0.892 bits per heavy atom. The van der Waals surface area contributed by atoms with Gasteiger partial charge in [-0.25, -0.2) is 10.4 Å². The molecule has 0 atom stereocenters. The van der Waals surface area contributed by atoms with E-state index in [1.54, 1.807) is 17.8 Å². The Labute approximate surface area is 223 Å². The summed E-state index contributed by atoms with van der Waals surface area (Å²) in [6, 6.07) is 31.2. The number of anilines is 2. The smallest absolute Gasteiger partial charge is 0.272 e. The van der Waals surface area contributed by atoms with Crippen LogP contribution in [0.15, 0.2) is 112 Å². The van der Waals surface area contributed by atoms with Gasteiger partial charge in [-0.05, 0) is 61.0 Å². The molecule has 5 nitrogen and oxygen atoms in total. The number of hydrogen-bond donors (Lipinski definition) is 2. The number of hydrazone groups is 1. The lowest BCUT2D eigenvalue weighted by Gasteiger charge is -2.21. The van der Waals surface area contributed by atoms with Gasteiger partial charge in [-0.3, -0.25) is 4.79 Å². The third kappa shape index (κ3) is 4.69. The lowest BCUT2D eigenvalue weighted by atomic mass is 10.0. The van der Waals surface area contributed by atoms with Crippen molar-refractivity contribution >= 4 is 57.3 Å².